The van der Waals surface area contributed by atoms with Crippen molar-refractivity contribution in [2.45, 2.75) is 0 Å². The van der Waals surface area contributed by atoms with Crippen molar-refractivity contribution in [3.63, 3.8) is 0 Å². The Morgan fingerprint density at radius 2 is 2.00 bits per heavy atom. The van der Waals surface area contributed by atoms with Crippen LogP contribution in [0, 0.1) is 0 Å². The van der Waals surface area contributed by atoms with Gasteiger partial charge in [-0.25, -0.2) is 4.98 Å². The molecule has 0 aliphatic rings. The summed E-state index contributed by atoms with van der Waals surface area (Å²) >= 11 is 7.32. The number of amides is 1. The average molecular weight is 356 g/mol. The Morgan fingerprint density at radius 3 is 2.83 bits per heavy atom. The molecule has 24 heavy (non-hydrogen) atoms. The van der Waals surface area contributed by atoms with Gasteiger partial charge in [0.2, 0.25) is 0 Å². The molecule has 0 radical (unpaired) electrons. The molecule has 0 aliphatic heterocycles. The molecule has 5 nitrogen and oxygen atoms in total. The Hall–Kier alpha value is -2.70. The van der Waals surface area contributed by atoms with Gasteiger partial charge in [-0.2, -0.15) is 0 Å². The maximum absolute atomic E-state index is 12.1. The number of carbonyl (C=O) groups is 1. The number of furan rings is 1. The van der Waals surface area contributed by atoms with E-state index in [9.17, 15) is 4.79 Å². The number of rotatable bonds is 3. The van der Waals surface area contributed by atoms with Gasteiger partial charge in [0.1, 0.15) is 11.3 Å². The minimum absolute atomic E-state index is 0.227. The number of thiazole rings is 1. The monoisotopic (exact) mass is 355 g/mol. The fourth-order valence-electron chi connectivity index (χ4n) is 2.26. The molecule has 3 heterocycles. The van der Waals surface area contributed by atoms with Gasteiger partial charge in [-0.1, -0.05) is 11.6 Å². The zero-order valence-electron chi connectivity index (χ0n) is 12.2. The molecule has 0 spiro atoms. The van der Waals surface area contributed by atoms with Crippen LogP contribution in [0.4, 0.5) is 5.13 Å². The molecule has 0 bridgehead atoms. The van der Waals surface area contributed by atoms with E-state index in [1.165, 1.54) is 11.3 Å². The molecule has 0 unspecified atom stereocenters. The third-order valence-corrected chi connectivity index (χ3v) is 4.39. The number of aromatic nitrogens is 2. The number of fused-ring (bicyclic) bond motifs is 1. The molecule has 4 rings (SSSR count). The minimum atomic E-state index is -0.227. The summed E-state index contributed by atoms with van der Waals surface area (Å²) in [6, 6.07) is 10.6. The van der Waals surface area contributed by atoms with Crippen LogP contribution in [0.3, 0.4) is 0 Å². The van der Waals surface area contributed by atoms with Crippen molar-refractivity contribution in [3.8, 4) is 11.5 Å². The Balaban J connectivity index is 1.58. The van der Waals surface area contributed by atoms with Gasteiger partial charge in [0.25, 0.3) is 5.91 Å². The lowest BCUT2D eigenvalue weighted by Gasteiger charge is -2.00. The second-order valence-electron chi connectivity index (χ2n) is 5.02. The largest absolute Gasteiger partial charge is 0.454 e. The lowest BCUT2D eigenvalue weighted by molar-refractivity contribution is 0.102. The topological polar surface area (TPSA) is 68.0 Å². The normalized spacial score (nSPS) is 10.9. The van der Waals surface area contributed by atoms with Crippen molar-refractivity contribution in [2.24, 2.45) is 0 Å². The van der Waals surface area contributed by atoms with E-state index in [1.54, 1.807) is 30.6 Å². The van der Waals surface area contributed by atoms with Crippen LogP contribution in [0.25, 0.3) is 22.4 Å². The first-order chi connectivity index (χ1) is 11.7. The van der Waals surface area contributed by atoms with Crippen molar-refractivity contribution < 1.29 is 9.21 Å². The SMILES string of the molecule is O=C(Nc1nc(-c2cc3cc(Cl)ccc3o2)cs1)c1ccncc1. The standard InChI is InChI=1S/C17H10ClN3O2S/c18-12-1-2-14-11(7-12)8-15(23-14)13-9-24-17(20-13)21-16(22)10-3-5-19-6-4-10/h1-9H,(H,20,21,22). The summed E-state index contributed by atoms with van der Waals surface area (Å²) in [6.07, 6.45) is 3.14. The highest BCUT2D eigenvalue weighted by atomic mass is 35.5. The number of hydrogen-bond donors (Lipinski definition) is 1. The summed E-state index contributed by atoms with van der Waals surface area (Å²) in [6.45, 7) is 0. The average Bonchev–Trinajstić information content (AvgIpc) is 3.21. The second kappa shape index (κ2) is 6.07. The van der Waals surface area contributed by atoms with Crippen LogP contribution in [0.15, 0.2) is 58.6 Å². The number of hydrogen-bond acceptors (Lipinski definition) is 5. The van der Waals surface area contributed by atoms with Crippen molar-refractivity contribution in [3.05, 3.63) is 64.8 Å². The highest BCUT2D eigenvalue weighted by molar-refractivity contribution is 7.14. The third kappa shape index (κ3) is 2.89. The van der Waals surface area contributed by atoms with Crippen LogP contribution in [-0.2, 0) is 0 Å². The molecule has 1 amide bonds. The Labute approximate surface area is 145 Å². The van der Waals surface area contributed by atoms with Gasteiger partial charge in [0.05, 0.1) is 0 Å². The molecule has 7 heteroatoms. The summed E-state index contributed by atoms with van der Waals surface area (Å²) in [5, 5.41) is 6.67. The van der Waals surface area contributed by atoms with Crippen molar-refractivity contribution in [2.75, 3.05) is 5.32 Å². The van der Waals surface area contributed by atoms with Crippen LogP contribution in [0.2, 0.25) is 5.02 Å². The van der Waals surface area contributed by atoms with E-state index in [4.69, 9.17) is 16.0 Å². The van der Waals surface area contributed by atoms with Crippen LogP contribution in [-0.4, -0.2) is 15.9 Å². The van der Waals surface area contributed by atoms with Crippen molar-refractivity contribution >= 4 is 44.9 Å². The van der Waals surface area contributed by atoms with E-state index in [-0.39, 0.29) is 5.91 Å². The molecular formula is C17H10ClN3O2S. The van der Waals surface area contributed by atoms with Gasteiger partial charge in [0, 0.05) is 33.7 Å². The minimum Gasteiger partial charge on any atom is -0.454 e. The molecule has 118 valence electrons. The van der Waals surface area contributed by atoms with Crippen LogP contribution in [0.5, 0.6) is 0 Å². The van der Waals surface area contributed by atoms with Crippen LogP contribution >= 0.6 is 22.9 Å². The molecule has 0 saturated heterocycles. The summed E-state index contributed by atoms with van der Waals surface area (Å²) in [4.78, 5) is 20.4. The predicted molar refractivity (Wildman–Crippen MR) is 94.5 cm³/mol. The van der Waals surface area contributed by atoms with Crippen molar-refractivity contribution in [1.29, 1.82) is 0 Å². The maximum Gasteiger partial charge on any atom is 0.257 e. The number of nitrogens with one attached hydrogen (secondary N) is 1. The Morgan fingerprint density at radius 1 is 1.17 bits per heavy atom. The van der Waals surface area contributed by atoms with Crippen LogP contribution in [0.1, 0.15) is 10.4 Å². The lowest BCUT2D eigenvalue weighted by atomic mass is 10.2. The Kier molecular flexibility index (Phi) is 3.76. The fraction of sp³-hybridized carbons (Fsp3) is 0. The van der Waals surface area contributed by atoms with Gasteiger partial charge in [-0.3, -0.25) is 15.1 Å². The second-order valence-corrected chi connectivity index (χ2v) is 6.32. The van der Waals surface area contributed by atoms with E-state index < -0.39 is 0 Å². The first kappa shape index (κ1) is 14.9. The van der Waals surface area contributed by atoms with Gasteiger partial charge in [0.15, 0.2) is 10.9 Å². The zero-order valence-corrected chi connectivity index (χ0v) is 13.8. The number of benzene rings is 1. The molecule has 4 aromatic rings. The molecule has 1 aromatic carbocycles. The number of nitrogens with zero attached hydrogens (tertiary/aromatic N) is 2. The summed E-state index contributed by atoms with van der Waals surface area (Å²) in [5.41, 5.74) is 1.93. The quantitative estimate of drug-likeness (QED) is 0.570. The van der Waals surface area contributed by atoms with E-state index >= 15 is 0 Å². The van der Waals surface area contributed by atoms with Gasteiger partial charge >= 0.3 is 0 Å². The molecule has 0 saturated carbocycles. The molecule has 0 aliphatic carbocycles. The summed E-state index contributed by atoms with van der Waals surface area (Å²) in [7, 11) is 0. The summed E-state index contributed by atoms with van der Waals surface area (Å²) < 4.78 is 5.78. The van der Waals surface area contributed by atoms with E-state index in [0.717, 1.165) is 11.0 Å². The number of pyridine rings is 1. The van der Waals surface area contributed by atoms with Gasteiger partial charge < -0.3 is 4.42 Å². The highest BCUT2D eigenvalue weighted by Gasteiger charge is 2.13. The molecule has 0 fully saturated rings. The smallest absolute Gasteiger partial charge is 0.257 e. The fourth-order valence-corrected chi connectivity index (χ4v) is 3.13. The number of carbonyl (C=O) groups excluding carboxylic acids is 1. The zero-order chi connectivity index (χ0) is 16.5. The molecule has 0 atom stereocenters. The maximum atomic E-state index is 12.1. The van der Waals surface area contributed by atoms with Crippen molar-refractivity contribution in [1.82, 2.24) is 9.97 Å². The van der Waals surface area contributed by atoms with E-state index in [1.807, 2.05) is 23.6 Å². The molecular weight excluding hydrogens is 346 g/mol. The summed E-state index contributed by atoms with van der Waals surface area (Å²) in [5.74, 6) is 0.405. The predicted octanol–water partition coefficient (Wildman–Crippen LogP) is 4.86. The highest BCUT2D eigenvalue weighted by Crippen LogP contribution is 2.31. The molecule has 1 N–H and O–H groups in total. The number of halogens is 1. The first-order valence-electron chi connectivity index (χ1n) is 7.05. The van der Waals surface area contributed by atoms with E-state index in [2.05, 4.69) is 15.3 Å². The number of anilines is 1. The van der Waals surface area contributed by atoms with E-state index in [0.29, 0.717) is 27.2 Å². The van der Waals surface area contributed by atoms with Crippen LogP contribution < -0.4 is 5.32 Å². The lowest BCUT2D eigenvalue weighted by Crippen LogP contribution is -2.11. The Bertz CT molecular complexity index is 1030. The van der Waals surface area contributed by atoms with Gasteiger partial charge in [-0.15, -0.1) is 11.3 Å². The first-order valence-corrected chi connectivity index (χ1v) is 8.31. The third-order valence-electron chi connectivity index (χ3n) is 3.40. The molecule has 3 aromatic heterocycles. The van der Waals surface area contributed by atoms with Gasteiger partial charge in [-0.05, 0) is 36.4 Å².